The van der Waals surface area contributed by atoms with Gasteiger partial charge in [0, 0.05) is 18.7 Å². The van der Waals surface area contributed by atoms with E-state index >= 15 is 0 Å². The number of nitrogens with one attached hydrogen (secondary N) is 2. The number of anilines is 1. The summed E-state index contributed by atoms with van der Waals surface area (Å²) >= 11 is 0. The maximum Gasteiger partial charge on any atom is 0.228 e. The van der Waals surface area contributed by atoms with Gasteiger partial charge in [-0.1, -0.05) is 26.0 Å². The molecular formula is C14H18N2O2. The van der Waals surface area contributed by atoms with E-state index in [1.807, 2.05) is 32.0 Å². The van der Waals surface area contributed by atoms with E-state index in [0.29, 0.717) is 25.3 Å². The molecule has 2 N–H and O–H groups in total. The van der Waals surface area contributed by atoms with Crippen LogP contribution in [-0.4, -0.2) is 11.8 Å². The first-order chi connectivity index (χ1) is 8.54. The molecule has 0 spiro atoms. The summed E-state index contributed by atoms with van der Waals surface area (Å²) in [6.07, 6.45) is 0.980. The fourth-order valence-electron chi connectivity index (χ4n) is 2.04. The lowest BCUT2D eigenvalue weighted by Crippen LogP contribution is -2.23. The van der Waals surface area contributed by atoms with Gasteiger partial charge in [-0.2, -0.15) is 0 Å². The molecule has 2 rings (SSSR count). The van der Waals surface area contributed by atoms with Crippen molar-refractivity contribution in [2.75, 3.05) is 5.32 Å². The van der Waals surface area contributed by atoms with Gasteiger partial charge in [-0.3, -0.25) is 9.59 Å². The van der Waals surface area contributed by atoms with Gasteiger partial charge in [-0.05, 0) is 23.1 Å². The molecule has 0 bridgehead atoms. The van der Waals surface area contributed by atoms with Gasteiger partial charge in [0.1, 0.15) is 0 Å². The topological polar surface area (TPSA) is 58.2 Å². The van der Waals surface area contributed by atoms with Gasteiger partial charge >= 0.3 is 0 Å². The van der Waals surface area contributed by atoms with Gasteiger partial charge in [-0.25, -0.2) is 0 Å². The van der Waals surface area contributed by atoms with Crippen molar-refractivity contribution in [1.29, 1.82) is 0 Å². The highest BCUT2D eigenvalue weighted by Crippen LogP contribution is 2.23. The van der Waals surface area contributed by atoms with Crippen LogP contribution in [0.2, 0.25) is 0 Å². The van der Waals surface area contributed by atoms with Crippen molar-refractivity contribution in [3.8, 4) is 0 Å². The molecule has 0 saturated carbocycles. The highest BCUT2D eigenvalue weighted by Gasteiger charge is 2.17. The molecule has 4 heteroatoms. The maximum absolute atomic E-state index is 11.5. The van der Waals surface area contributed by atoms with Crippen LogP contribution in [-0.2, 0) is 22.6 Å². The smallest absolute Gasteiger partial charge is 0.228 e. The highest BCUT2D eigenvalue weighted by molar-refractivity contribution is 5.99. The van der Waals surface area contributed by atoms with Crippen LogP contribution in [0, 0.1) is 5.92 Å². The second-order valence-electron chi connectivity index (χ2n) is 5.09. The van der Waals surface area contributed by atoms with Gasteiger partial charge in [0.25, 0.3) is 0 Å². The quantitative estimate of drug-likeness (QED) is 0.851. The van der Waals surface area contributed by atoms with E-state index in [1.54, 1.807) is 0 Å². The van der Waals surface area contributed by atoms with E-state index in [9.17, 15) is 9.59 Å². The fourth-order valence-corrected chi connectivity index (χ4v) is 2.04. The lowest BCUT2D eigenvalue weighted by Gasteiger charge is -2.08. The zero-order chi connectivity index (χ0) is 13.1. The SMILES string of the molecule is CC(C)CC(=O)NCc1ccc2c(c1)CC(=O)N2. The number of rotatable bonds is 4. The van der Waals surface area contributed by atoms with Crippen molar-refractivity contribution in [1.82, 2.24) is 5.32 Å². The molecule has 0 aromatic heterocycles. The van der Waals surface area contributed by atoms with E-state index < -0.39 is 0 Å². The summed E-state index contributed by atoms with van der Waals surface area (Å²) < 4.78 is 0. The van der Waals surface area contributed by atoms with Crippen molar-refractivity contribution >= 4 is 17.5 Å². The molecule has 96 valence electrons. The Hall–Kier alpha value is -1.84. The van der Waals surface area contributed by atoms with Gasteiger partial charge in [0.05, 0.1) is 6.42 Å². The molecule has 18 heavy (non-hydrogen) atoms. The highest BCUT2D eigenvalue weighted by atomic mass is 16.2. The zero-order valence-corrected chi connectivity index (χ0v) is 10.7. The minimum absolute atomic E-state index is 0.0333. The van der Waals surface area contributed by atoms with Crippen molar-refractivity contribution in [2.45, 2.75) is 33.2 Å². The Morgan fingerprint density at radius 3 is 2.94 bits per heavy atom. The second-order valence-corrected chi connectivity index (χ2v) is 5.09. The predicted octanol–water partition coefficient (Wildman–Crippen LogP) is 1.84. The van der Waals surface area contributed by atoms with Crippen LogP contribution in [0.15, 0.2) is 18.2 Å². The molecule has 0 fully saturated rings. The van der Waals surface area contributed by atoms with Crippen LogP contribution in [0.1, 0.15) is 31.4 Å². The number of carbonyl (C=O) groups is 2. The van der Waals surface area contributed by atoms with E-state index in [4.69, 9.17) is 0 Å². The minimum Gasteiger partial charge on any atom is -0.352 e. The standard InChI is InChI=1S/C14H18N2O2/c1-9(2)5-13(17)15-8-10-3-4-12-11(6-10)7-14(18)16-12/h3-4,6,9H,5,7-8H2,1-2H3,(H,15,17)(H,16,18). The lowest BCUT2D eigenvalue weighted by atomic mass is 10.1. The Morgan fingerprint density at radius 2 is 2.22 bits per heavy atom. The summed E-state index contributed by atoms with van der Waals surface area (Å²) in [7, 11) is 0. The number of amides is 2. The molecule has 0 aliphatic carbocycles. The third kappa shape index (κ3) is 3.09. The van der Waals surface area contributed by atoms with Crippen LogP contribution in [0.5, 0.6) is 0 Å². The summed E-state index contributed by atoms with van der Waals surface area (Å²) in [4.78, 5) is 22.8. The molecule has 1 aliphatic heterocycles. The predicted molar refractivity (Wildman–Crippen MR) is 70.1 cm³/mol. The van der Waals surface area contributed by atoms with Crippen molar-refractivity contribution < 1.29 is 9.59 Å². The number of benzene rings is 1. The van der Waals surface area contributed by atoms with Crippen LogP contribution in [0.3, 0.4) is 0 Å². The van der Waals surface area contributed by atoms with Gasteiger partial charge in [0.15, 0.2) is 0 Å². The van der Waals surface area contributed by atoms with Gasteiger partial charge in [0.2, 0.25) is 11.8 Å². The summed E-state index contributed by atoms with van der Waals surface area (Å²) in [5, 5.41) is 5.68. The molecule has 1 heterocycles. The largest absolute Gasteiger partial charge is 0.352 e. The first kappa shape index (κ1) is 12.6. The summed E-state index contributed by atoms with van der Waals surface area (Å²) in [6, 6.07) is 5.80. The van der Waals surface area contributed by atoms with Crippen molar-refractivity contribution in [3.05, 3.63) is 29.3 Å². The first-order valence-electron chi connectivity index (χ1n) is 6.23. The fraction of sp³-hybridized carbons (Fsp3) is 0.429. The zero-order valence-electron chi connectivity index (χ0n) is 10.7. The van der Waals surface area contributed by atoms with Crippen LogP contribution in [0.4, 0.5) is 5.69 Å². The van der Waals surface area contributed by atoms with E-state index in [0.717, 1.165) is 16.8 Å². The monoisotopic (exact) mass is 246 g/mol. The van der Waals surface area contributed by atoms with Crippen LogP contribution < -0.4 is 10.6 Å². The second kappa shape index (κ2) is 5.21. The van der Waals surface area contributed by atoms with Gasteiger partial charge < -0.3 is 10.6 Å². The average molecular weight is 246 g/mol. The summed E-state index contributed by atoms with van der Waals surface area (Å²) in [6.45, 7) is 4.56. The van der Waals surface area contributed by atoms with Crippen LogP contribution in [0.25, 0.3) is 0 Å². The van der Waals surface area contributed by atoms with Crippen LogP contribution >= 0.6 is 0 Å². The lowest BCUT2D eigenvalue weighted by molar-refractivity contribution is -0.122. The Morgan fingerprint density at radius 1 is 1.44 bits per heavy atom. The minimum atomic E-state index is 0.0333. The molecule has 1 aromatic carbocycles. The van der Waals surface area contributed by atoms with Crippen molar-refractivity contribution in [2.24, 2.45) is 5.92 Å². The normalized spacial score (nSPS) is 13.4. The Bertz CT molecular complexity index is 481. The first-order valence-corrected chi connectivity index (χ1v) is 6.23. The Balaban J connectivity index is 1.93. The molecule has 1 aromatic rings. The number of carbonyl (C=O) groups excluding carboxylic acids is 2. The molecule has 0 radical (unpaired) electrons. The molecule has 0 unspecified atom stereocenters. The van der Waals surface area contributed by atoms with E-state index in [1.165, 1.54) is 0 Å². The molecular weight excluding hydrogens is 228 g/mol. The summed E-state index contributed by atoms with van der Waals surface area (Å²) in [5.74, 6) is 0.470. The number of hydrogen-bond acceptors (Lipinski definition) is 2. The molecule has 0 atom stereocenters. The summed E-state index contributed by atoms with van der Waals surface area (Å²) in [5.41, 5.74) is 2.93. The molecule has 0 saturated heterocycles. The molecule has 4 nitrogen and oxygen atoms in total. The van der Waals surface area contributed by atoms with E-state index in [-0.39, 0.29) is 11.8 Å². The van der Waals surface area contributed by atoms with Crippen molar-refractivity contribution in [3.63, 3.8) is 0 Å². The maximum atomic E-state index is 11.5. The number of hydrogen-bond donors (Lipinski definition) is 2. The molecule has 1 aliphatic rings. The molecule has 2 amide bonds. The Kier molecular flexibility index (Phi) is 3.65. The Labute approximate surface area is 107 Å². The third-order valence-corrected chi connectivity index (χ3v) is 2.88. The van der Waals surface area contributed by atoms with Gasteiger partial charge in [-0.15, -0.1) is 0 Å². The average Bonchev–Trinajstić information content (AvgIpc) is 2.64. The third-order valence-electron chi connectivity index (χ3n) is 2.88. The number of fused-ring (bicyclic) bond motifs is 1. The van der Waals surface area contributed by atoms with E-state index in [2.05, 4.69) is 10.6 Å².